The summed E-state index contributed by atoms with van der Waals surface area (Å²) in [6.45, 7) is 0.414. The van der Waals surface area contributed by atoms with Crippen LogP contribution in [0, 0.1) is 15.9 Å². The topological polar surface area (TPSA) is 85.0 Å². The molecule has 1 heterocycles. The first-order chi connectivity index (χ1) is 7.63. The Balaban J connectivity index is 2.70. The summed E-state index contributed by atoms with van der Waals surface area (Å²) in [6, 6.07) is 2.19. The van der Waals surface area contributed by atoms with Crippen molar-refractivity contribution < 1.29 is 9.31 Å². The van der Waals surface area contributed by atoms with E-state index in [0.29, 0.717) is 23.9 Å². The standard InChI is InChI=1S/C10H10FN3O2/c11-7-3-8-6(1-2-12)5-13-10(8)9(4-7)14(15)16/h3-5,13H,1-2,12H2. The molecule has 0 aliphatic rings. The van der Waals surface area contributed by atoms with Crippen molar-refractivity contribution >= 4 is 16.6 Å². The molecular weight excluding hydrogens is 213 g/mol. The van der Waals surface area contributed by atoms with Gasteiger partial charge in [-0.1, -0.05) is 0 Å². The fraction of sp³-hybridized carbons (Fsp3) is 0.200. The minimum absolute atomic E-state index is 0.252. The van der Waals surface area contributed by atoms with E-state index in [9.17, 15) is 14.5 Å². The van der Waals surface area contributed by atoms with Crippen LogP contribution in [0.1, 0.15) is 5.56 Å². The largest absolute Gasteiger partial charge is 0.355 e. The summed E-state index contributed by atoms with van der Waals surface area (Å²) in [5.74, 6) is -0.614. The number of halogens is 1. The molecule has 0 bridgehead atoms. The first-order valence-electron chi connectivity index (χ1n) is 4.77. The second kappa shape index (κ2) is 3.90. The highest BCUT2D eigenvalue weighted by Crippen LogP contribution is 2.28. The number of fused-ring (bicyclic) bond motifs is 1. The zero-order chi connectivity index (χ0) is 11.7. The van der Waals surface area contributed by atoms with Crippen molar-refractivity contribution in [1.29, 1.82) is 0 Å². The third-order valence-corrected chi connectivity index (χ3v) is 2.43. The first-order valence-corrected chi connectivity index (χ1v) is 4.77. The lowest BCUT2D eigenvalue weighted by Crippen LogP contribution is -2.02. The molecule has 0 aliphatic heterocycles. The number of rotatable bonds is 3. The number of non-ortho nitro benzene ring substituents is 1. The van der Waals surface area contributed by atoms with E-state index in [1.165, 1.54) is 6.07 Å². The van der Waals surface area contributed by atoms with Crippen LogP contribution >= 0.6 is 0 Å². The van der Waals surface area contributed by atoms with Crippen LogP contribution in [0.2, 0.25) is 0 Å². The summed E-state index contributed by atoms with van der Waals surface area (Å²) in [4.78, 5) is 12.9. The molecule has 6 heteroatoms. The molecule has 2 aromatic rings. The lowest BCUT2D eigenvalue weighted by atomic mass is 10.1. The predicted octanol–water partition coefficient (Wildman–Crippen LogP) is 1.72. The molecule has 0 fully saturated rings. The molecule has 3 N–H and O–H groups in total. The van der Waals surface area contributed by atoms with Crippen LogP contribution in [0.15, 0.2) is 18.3 Å². The first kappa shape index (κ1) is 10.6. The molecule has 0 aliphatic carbocycles. The van der Waals surface area contributed by atoms with Crippen molar-refractivity contribution in [2.75, 3.05) is 6.54 Å². The van der Waals surface area contributed by atoms with E-state index in [4.69, 9.17) is 5.73 Å². The average Bonchev–Trinajstić information content (AvgIpc) is 2.61. The quantitative estimate of drug-likeness (QED) is 0.613. The van der Waals surface area contributed by atoms with E-state index in [0.717, 1.165) is 11.6 Å². The molecule has 1 aromatic heterocycles. The Bertz CT molecular complexity index is 550. The summed E-state index contributed by atoms with van der Waals surface area (Å²) in [5.41, 5.74) is 6.29. The molecule has 0 saturated heterocycles. The van der Waals surface area contributed by atoms with E-state index in [1.807, 2.05) is 0 Å². The van der Waals surface area contributed by atoms with Gasteiger partial charge in [-0.2, -0.15) is 0 Å². The van der Waals surface area contributed by atoms with E-state index >= 15 is 0 Å². The Morgan fingerprint density at radius 2 is 2.25 bits per heavy atom. The molecule has 84 valence electrons. The molecule has 0 saturated carbocycles. The van der Waals surface area contributed by atoms with Crippen LogP contribution in [-0.4, -0.2) is 16.5 Å². The average molecular weight is 223 g/mol. The summed E-state index contributed by atoms with van der Waals surface area (Å²) < 4.78 is 13.2. The van der Waals surface area contributed by atoms with Gasteiger partial charge in [0, 0.05) is 11.6 Å². The molecule has 1 aromatic carbocycles. The van der Waals surface area contributed by atoms with Crippen LogP contribution in [-0.2, 0) is 6.42 Å². The van der Waals surface area contributed by atoms with Gasteiger partial charge in [-0.3, -0.25) is 10.1 Å². The van der Waals surface area contributed by atoms with Gasteiger partial charge in [0.15, 0.2) is 0 Å². The number of nitrogens with two attached hydrogens (primary N) is 1. The number of nitrogens with one attached hydrogen (secondary N) is 1. The fourth-order valence-electron chi connectivity index (χ4n) is 1.74. The molecular formula is C10H10FN3O2. The van der Waals surface area contributed by atoms with Crippen LogP contribution < -0.4 is 5.73 Å². The minimum Gasteiger partial charge on any atom is -0.355 e. The molecule has 16 heavy (non-hydrogen) atoms. The van der Waals surface area contributed by atoms with Crippen molar-refractivity contribution in [2.45, 2.75) is 6.42 Å². The fourth-order valence-corrected chi connectivity index (χ4v) is 1.74. The zero-order valence-corrected chi connectivity index (χ0v) is 8.37. The highest BCUT2D eigenvalue weighted by atomic mass is 19.1. The van der Waals surface area contributed by atoms with Gasteiger partial charge in [0.25, 0.3) is 5.69 Å². The summed E-state index contributed by atoms with van der Waals surface area (Å²) in [5, 5.41) is 11.3. The Morgan fingerprint density at radius 3 is 2.88 bits per heavy atom. The number of aromatic amines is 1. The molecule has 0 spiro atoms. The molecule has 0 radical (unpaired) electrons. The number of hydrogen-bond acceptors (Lipinski definition) is 3. The SMILES string of the molecule is NCCc1c[nH]c2c([N+](=O)[O-])cc(F)cc12. The van der Waals surface area contributed by atoms with E-state index in [2.05, 4.69) is 4.98 Å². The van der Waals surface area contributed by atoms with Gasteiger partial charge in [-0.25, -0.2) is 4.39 Å². The number of nitrogens with zero attached hydrogens (tertiary/aromatic N) is 1. The van der Waals surface area contributed by atoms with Crippen LogP contribution in [0.3, 0.4) is 0 Å². The Labute approximate surface area is 90.2 Å². The van der Waals surface area contributed by atoms with Crippen LogP contribution in [0.25, 0.3) is 10.9 Å². The summed E-state index contributed by atoms with van der Waals surface area (Å²) >= 11 is 0. The molecule has 5 nitrogen and oxygen atoms in total. The predicted molar refractivity (Wildman–Crippen MR) is 57.7 cm³/mol. The molecule has 0 atom stereocenters. The van der Waals surface area contributed by atoms with Gasteiger partial charge >= 0.3 is 0 Å². The molecule has 2 rings (SSSR count). The third-order valence-electron chi connectivity index (χ3n) is 2.43. The number of benzene rings is 1. The van der Waals surface area contributed by atoms with Gasteiger partial charge in [-0.05, 0) is 24.6 Å². The number of hydrogen-bond donors (Lipinski definition) is 2. The highest BCUT2D eigenvalue weighted by molar-refractivity contribution is 5.90. The van der Waals surface area contributed by atoms with E-state index in [1.54, 1.807) is 6.20 Å². The third kappa shape index (κ3) is 1.63. The number of nitro benzene ring substituents is 1. The van der Waals surface area contributed by atoms with Gasteiger partial charge in [0.1, 0.15) is 11.3 Å². The van der Waals surface area contributed by atoms with Gasteiger partial charge < -0.3 is 10.7 Å². The lowest BCUT2D eigenvalue weighted by molar-refractivity contribution is -0.383. The maximum atomic E-state index is 13.2. The normalized spacial score (nSPS) is 10.9. The second-order valence-electron chi connectivity index (χ2n) is 3.46. The maximum absolute atomic E-state index is 13.2. The van der Waals surface area contributed by atoms with E-state index in [-0.39, 0.29) is 5.69 Å². The Hall–Kier alpha value is -1.95. The molecule has 0 unspecified atom stereocenters. The van der Waals surface area contributed by atoms with Crippen molar-refractivity contribution in [2.24, 2.45) is 5.73 Å². The summed E-state index contributed by atoms with van der Waals surface area (Å²) in [6.07, 6.45) is 2.19. The van der Waals surface area contributed by atoms with Crippen molar-refractivity contribution in [1.82, 2.24) is 4.98 Å². The number of H-pyrrole nitrogens is 1. The zero-order valence-electron chi connectivity index (χ0n) is 8.37. The Kier molecular flexibility index (Phi) is 2.57. The van der Waals surface area contributed by atoms with Gasteiger partial charge in [0.05, 0.1) is 11.0 Å². The van der Waals surface area contributed by atoms with Gasteiger partial charge in [-0.15, -0.1) is 0 Å². The highest BCUT2D eigenvalue weighted by Gasteiger charge is 2.17. The molecule has 0 amide bonds. The van der Waals surface area contributed by atoms with Gasteiger partial charge in [0.2, 0.25) is 0 Å². The second-order valence-corrected chi connectivity index (χ2v) is 3.46. The monoisotopic (exact) mass is 223 g/mol. The van der Waals surface area contributed by atoms with Crippen LogP contribution in [0.4, 0.5) is 10.1 Å². The summed E-state index contributed by atoms with van der Waals surface area (Å²) in [7, 11) is 0. The minimum atomic E-state index is -0.614. The smallest absolute Gasteiger partial charge is 0.296 e. The Morgan fingerprint density at radius 1 is 1.50 bits per heavy atom. The van der Waals surface area contributed by atoms with Crippen molar-refractivity contribution in [3.63, 3.8) is 0 Å². The maximum Gasteiger partial charge on any atom is 0.296 e. The van der Waals surface area contributed by atoms with Crippen molar-refractivity contribution in [3.05, 3.63) is 39.8 Å². The van der Waals surface area contributed by atoms with Crippen molar-refractivity contribution in [3.8, 4) is 0 Å². The number of aromatic nitrogens is 1. The van der Waals surface area contributed by atoms with E-state index < -0.39 is 10.7 Å². The number of nitro groups is 1. The lowest BCUT2D eigenvalue weighted by Gasteiger charge is -1.97. The van der Waals surface area contributed by atoms with Crippen LogP contribution in [0.5, 0.6) is 0 Å².